The van der Waals surface area contributed by atoms with Crippen LogP contribution in [0.2, 0.25) is 0 Å². The molecule has 1 fully saturated rings. The van der Waals surface area contributed by atoms with Crippen LogP contribution >= 0.6 is 0 Å². The lowest BCUT2D eigenvalue weighted by Gasteiger charge is -2.15. The molecule has 1 amide bonds. The average Bonchev–Trinajstić information content (AvgIpc) is 3.30. The van der Waals surface area contributed by atoms with Gasteiger partial charge in [0.15, 0.2) is 0 Å². The van der Waals surface area contributed by atoms with Gasteiger partial charge in [-0.05, 0) is 25.3 Å². The molecule has 0 aromatic carbocycles. The van der Waals surface area contributed by atoms with E-state index in [1.165, 1.54) is 88.0 Å². The number of carbonyl (C=O) groups is 1. The Kier molecular flexibility index (Phi) is 14.8. The standard InChI is InChI=1S/C27H47N3O4/c1-2-3-4-5-6-7-8-9-10-11-12-13-14-15-16-17-25(32)28-24-20-21-30(27(33)29-24)26-19-18-23(22-31)34-26/h20-21,23,26,31H,2-19,22H2,1H3,(H,28,29,32,33)/t23-,26+/m0/s1. The summed E-state index contributed by atoms with van der Waals surface area (Å²) in [7, 11) is 0. The van der Waals surface area contributed by atoms with Crippen LogP contribution in [0, 0.1) is 0 Å². The summed E-state index contributed by atoms with van der Waals surface area (Å²) in [4.78, 5) is 28.4. The van der Waals surface area contributed by atoms with Crippen LogP contribution in [-0.4, -0.2) is 33.3 Å². The Morgan fingerprint density at radius 3 is 2.03 bits per heavy atom. The zero-order valence-electron chi connectivity index (χ0n) is 21.3. The Balaban J connectivity index is 1.45. The summed E-state index contributed by atoms with van der Waals surface area (Å²) in [5.41, 5.74) is -0.451. The molecule has 1 aliphatic rings. The maximum atomic E-state index is 12.3. The molecule has 7 nitrogen and oxygen atoms in total. The highest BCUT2D eigenvalue weighted by Crippen LogP contribution is 2.26. The first-order valence-corrected chi connectivity index (χ1v) is 13.8. The number of nitrogens with one attached hydrogen (secondary N) is 1. The van der Waals surface area contributed by atoms with Gasteiger partial charge in [-0.25, -0.2) is 4.79 Å². The summed E-state index contributed by atoms with van der Waals surface area (Å²) in [5, 5.41) is 11.9. The Morgan fingerprint density at radius 1 is 0.971 bits per heavy atom. The third-order valence-electron chi connectivity index (χ3n) is 6.70. The van der Waals surface area contributed by atoms with Gasteiger partial charge in [-0.2, -0.15) is 4.98 Å². The number of amides is 1. The fourth-order valence-electron chi connectivity index (χ4n) is 4.59. The monoisotopic (exact) mass is 477 g/mol. The largest absolute Gasteiger partial charge is 0.394 e. The summed E-state index contributed by atoms with van der Waals surface area (Å²) >= 11 is 0. The van der Waals surface area contributed by atoms with Crippen LogP contribution in [0.3, 0.4) is 0 Å². The van der Waals surface area contributed by atoms with Crippen molar-refractivity contribution in [1.82, 2.24) is 9.55 Å². The Labute approximate surface area is 205 Å². The summed E-state index contributed by atoms with van der Waals surface area (Å²) in [5.74, 6) is 0.181. The minimum absolute atomic E-state index is 0.0495. The van der Waals surface area contributed by atoms with Crippen molar-refractivity contribution in [3.05, 3.63) is 22.7 Å². The van der Waals surface area contributed by atoms with Gasteiger partial charge in [-0.15, -0.1) is 0 Å². The van der Waals surface area contributed by atoms with Gasteiger partial charge in [0, 0.05) is 12.6 Å². The van der Waals surface area contributed by atoms with E-state index >= 15 is 0 Å². The van der Waals surface area contributed by atoms with E-state index in [1.54, 1.807) is 12.3 Å². The van der Waals surface area contributed by atoms with E-state index in [1.807, 2.05) is 0 Å². The van der Waals surface area contributed by atoms with Gasteiger partial charge in [0.05, 0.1) is 12.7 Å². The fourth-order valence-corrected chi connectivity index (χ4v) is 4.59. The molecule has 0 spiro atoms. The van der Waals surface area contributed by atoms with Gasteiger partial charge < -0.3 is 15.2 Å². The molecule has 7 heteroatoms. The number of nitrogens with zero attached hydrogens (tertiary/aromatic N) is 2. The Bertz CT molecular complexity index is 737. The number of rotatable bonds is 19. The molecule has 0 aliphatic carbocycles. The summed E-state index contributed by atoms with van der Waals surface area (Å²) in [6.07, 6.45) is 22.3. The summed E-state index contributed by atoms with van der Waals surface area (Å²) in [6.45, 7) is 2.22. The van der Waals surface area contributed by atoms with Gasteiger partial charge in [-0.3, -0.25) is 9.36 Å². The van der Waals surface area contributed by atoms with Gasteiger partial charge in [0.25, 0.3) is 0 Å². The molecule has 2 atom stereocenters. The highest BCUT2D eigenvalue weighted by atomic mass is 16.5. The van der Waals surface area contributed by atoms with Gasteiger partial charge in [-0.1, -0.05) is 96.8 Å². The van der Waals surface area contributed by atoms with Crippen LogP contribution in [0.25, 0.3) is 0 Å². The van der Waals surface area contributed by atoms with Crippen molar-refractivity contribution < 1.29 is 14.6 Å². The van der Waals surface area contributed by atoms with Crippen LogP contribution in [-0.2, 0) is 9.53 Å². The molecule has 0 unspecified atom stereocenters. The lowest BCUT2D eigenvalue weighted by atomic mass is 10.0. The molecule has 1 aliphatic heterocycles. The zero-order chi connectivity index (χ0) is 24.4. The lowest BCUT2D eigenvalue weighted by molar-refractivity contribution is -0.116. The molecular formula is C27H47N3O4. The molecule has 1 aromatic heterocycles. The normalized spacial score (nSPS) is 17.8. The minimum Gasteiger partial charge on any atom is -0.394 e. The van der Waals surface area contributed by atoms with E-state index in [9.17, 15) is 14.7 Å². The van der Waals surface area contributed by atoms with E-state index in [-0.39, 0.29) is 24.4 Å². The van der Waals surface area contributed by atoms with E-state index in [0.29, 0.717) is 19.3 Å². The molecular weight excluding hydrogens is 430 g/mol. The van der Waals surface area contributed by atoms with Crippen molar-refractivity contribution in [3.8, 4) is 0 Å². The number of anilines is 1. The molecule has 194 valence electrons. The predicted molar refractivity (Wildman–Crippen MR) is 137 cm³/mol. The van der Waals surface area contributed by atoms with Gasteiger partial charge in [0.2, 0.25) is 5.91 Å². The van der Waals surface area contributed by atoms with Crippen LogP contribution in [0.5, 0.6) is 0 Å². The Hall–Kier alpha value is -1.73. The lowest BCUT2D eigenvalue weighted by Crippen LogP contribution is -2.28. The second-order valence-electron chi connectivity index (χ2n) is 9.72. The number of unbranched alkanes of at least 4 members (excludes halogenated alkanes) is 14. The molecule has 2 heterocycles. The first-order chi connectivity index (χ1) is 16.6. The number of hydrogen-bond acceptors (Lipinski definition) is 5. The van der Waals surface area contributed by atoms with Crippen molar-refractivity contribution >= 4 is 11.7 Å². The topological polar surface area (TPSA) is 93.5 Å². The van der Waals surface area contributed by atoms with E-state index in [2.05, 4.69) is 17.2 Å². The number of aliphatic hydroxyl groups is 1. The summed E-state index contributed by atoms with van der Waals surface area (Å²) in [6, 6.07) is 1.63. The first-order valence-electron chi connectivity index (χ1n) is 13.8. The van der Waals surface area contributed by atoms with Crippen molar-refractivity contribution in [1.29, 1.82) is 0 Å². The third kappa shape index (κ3) is 11.6. The number of aromatic nitrogens is 2. The Morgan fingerprint density at radius 2 is 1.53 bits per heavy atom. The highest BCUT2D eigenvalue weighted by molar-refractivity contribution is 5.89. The van der Waals surface area contributed by atoms with E-state index < -0.39 is 11.9 Å². The second kappa shape index (κ2) is 17.7. The molecule has 0 saturated carbocycles. The molecule has 2 N–H and O–H groups in total. The fraction of sp³-hybridized carbons (Fsp3) is 0.815. The smallest absolute Gasteiger partial charge is 0.351 e. The number of aliphatic hydroxyl groups excluding tert-OH is 1. The third-order valence-corrected chi connectivity index (χ3v) is 6.70. The molecule has 0 radical (unpaired) electrons. The van der Waals surface area contributed by atoms with Crippen LogP contribution in [0.15, 0.2) is 17.1 Å². The number of ether oxygens (including phenoxy) is 1. The van der Waals surface area contributed by atoms with Crippen LogP contribution < -0.4 is 11.0 Å². The van der Waals surface area contributed by atoms with E-state index in [4.69, 9.17) is 4.74 Å². The van der Waals surface area contributed by atoms with Crippen LogP contribution in [0.1, 0.15) is 129 Å². The van der Waals surface area contributed by atoms with Gasteiger partial charge in [0.1, 0.15) is 12.0 Å². The average molecular weight is 478 g/mol. The molecule has 34 heavy (non-hydrogen) atoms. The molecule has 0 bridgehead atoms. The first kappa shape index (κ1) is 28.5. The number of carbonyl (C=O) groups excluding carboxylic acids is 1. The predicted octanol–water partition coefficient (Wildman–Crippen LogP) is 6.11. The van der Waals surface area contributed by atoms with Crippen molar-refractivity contribution in [3.63, 3.8) is 0 Å². The highest BCUT2D eigenvalue weighted by Gasteiger charge is 2.26. The maximum absolute atomic E-state index is 12.3. The zero-order valence-corrected chi connectivity index (χ0v) is 21.3. The summed E-state index contributed by atoms with van der Waals surface area (Å²) < 4.78 is 7.04. The second-order valence-corrected chi connectivity index (χ2v) is 9.72. The molecule has 1 saturated heterocycles. The van der Waals surface area contributed by atoms with Gasteiger partial charge >= 0.3 is 5.69 Å². The molecule has 1 aromatic rings. The van der Waals surface area contributed by atoms with Crippen molar-refractivity contribution in [2.75, 3.05) is 11.9 Å². The van der Waals surface area contributed by atoms with Crippen molar-refractivity contribution in [2.45, 2.75) is 135 Å². The van der Waals surface area contributed by atoms with E-state index in [0.717, 1.165) is 12.8 Å². The SMILES string of the molecule is CCCCCCCCCCCCCCCCCC(=O)Nc1ccn([C@H]2CC[C@@H](CO)O2)c(=O)n1. The van der Waals surface area contributed by atoms with Crippen LogP contribution in [0.4, 0.5) is 5.82 Å². The molecule has 2 rings (SSSR count). The minimum atomic E-state index is -0.451. The maximum Gasteiger partial charge on any atom is 0.351 e. The quantitative estimate of drug-likeness (QED) is 0.234. The van der Waals surface area contributed by atoms with Crippen molar-refractivity contribution in [2.24, 2.45) is 0 Å². The number of hydrogen-bond donors (Lipinski definition) is 2.